The fourth-order valence-corrected chi connectivity index (χ4v) is 8.38. The van der Waals surface area contributed by atoms with Crippen LogP contribution in [-0.4, -0.2) is 35.9 Å². The number of allylic oxidation sites excluding steroid dienone is 2. The van der Waals surface area contributed by atoms with Gasteiger partial charge in [-0.2, -0.15) is 8.42 Å². The first-order chi connectivity index (χ1) is 18.4. The van der Waals surface area contributed by atoms with Gasteiger partial charge in [0.2, 0.25) is 8.32 Å². The minimum atomic E-state index is -3.81. The van der Waals surface area contributed by atoms with Crippen LogP contribution in [0.4, 0.5) is 0 Å². The molecule has 8 heteroatoms. The number of hydrogen-bond donors (Lipinski definition) is 0. The summed E-state index contributed by atoms with van der Waals surface area (Å²) >= 11 is 0. The molecule has 6 nitrogen and oxygen atoms in total. The van der Waals surface area contributed by atoms with E-state index in [0.29, 0.717) is 19.4 Å². The lowest BCUT2D eigenvalue weighted by molar-refractivity contribution is -0.163. The molecule has 0 bridgehead atoms. The van der Waals surface area contributed by atoms with Crippen LogP contribution in [-0.2, 0) is 28.3 Å². The zero-order valence-corrected chi connectivity index (χ0v) is 28.3. The molecule has 40 heavy (non-hydrogen) atoms. The maximum atomic E-state index is 13.5. The first-order valence-electron chi connectivity index (χ1n) is 14.9. The molecule has 1 saturated carbocycles. The first kappa shape index (κ1) is 32.9. The highest BCUT2D eigenvalue weighted by Crippen LogP contribution is 2.61. The van der Waals surface area contributed by atoms with Gasteiger partial charge in [-0.1, -0.05) is 58.7 Å². The number of esters is 1. The fourth-order valence-electron chi connectivity index (χ4n) is 6.32. The van der Waals surface area contributed by atoms with Crippen molar-refractivity contribution in [2.45, 2.75) is 117 Å². The van der Waals surface area contributed by atoms with E-state index in [1.807, 2.05) is 13.8 Å². The second kappa shape index (κ2) is 11.9. The first-order valence-corrected chi connectivity index (χ1v) is 19.3. The monoisotopic (exact) mass is 592 g/mol. The summed E-state index contributed by atoms with van der Waals surface area (Å²) in [6.45, 7) is 22.1. The molecule has 1 fully saturated rings. The Balaban J connectivity index is 1.93. The Kier molecular flexibility index (Phi) is 9.80. The predicted octanol–water partition coefficient (Wildman–Crippen LogP) is 8.17. The van der Waals surface area contributed by atoms with Gasteiger partial charge in [0.05, 0.1) is 29.3 Å². The highest BCUT2D eigenvalue weighted by Gasteiger charge is 2.57. The summed E-state index contributed by atoms with van der Waals surface area (Å²) in [5.41, 5.74) is 1.42. The molecular formula is C32H52O6SSi. The van der Waals surface area contributed by atoms with Crippen LogP contribution in [0, 0.1) is 29.6 Å². The largest absolute Gasteiger partial charge is 0.547 e. The summed E-state index contributed by atoms with van der Waals surface area (Å²) in [6, 6.07) is 6.74. The van der Waals surface area contributed by atoms with Crippen LogP contribution in [0.3, 0.4) is 0 Å². The normalized spacial score (nSPS) is 27.8. The van der Waals surface area contributed by atoms with E-state index in [9.17, 15) is 13.2 Å². The minimum absolute atomic E-state index is 0.0334. The molecule has 226 valence electrons. The van der Waals surface area contributed by atoms with Gasteiger partial charge >= 0.3 is 5.97 Å². The molecule has 2 aliphatic rings. The van der Waals surface area contributed by atoms with Gasteiger partial charge in [0.15, 0.2) is 0 Å². The van der Waals surface area contributed by atoms with Crippen LogP contribution in [0.25, 0.3) is 0 Å². The van der Waals surface area contributed by atoms with Gasteiger partial charge in [0.25, 0.3) is 10.1 Å². The average Bonchev–Trinajstić information content (AvgIpc) is 2.84. The van der Waals surface area contributed by atoms with Gasteiger partial charge in [-0.25, -0.2) is 0 Å². The summed E-state index contributed by atoms with van der Waals surface area (Å²) < 4.78 is 43.7. The third kappa shape index (κ3) is 6.54. The van der Waals surface area contributed by atoms with Gasteiger partial charge in [-0.15, -0.1) is 0 Å². The molecule has 0 amide bonds. The number of ether oxygens (including phenoxy) is 1. The predicted molar refractivity (Wildman–Crippen MR) is 163 cm³/mol. The minimum Gasteiger partial charge on any atom is -0.547 e. The molecule has 1 aromatic rings. The zero-order chi connectivity index (χ0) is 30.1. The van der Waals surface area contributed by atoms with Crippen molar-refractivity contribution >= 4 is 24.4 Å². The highest BCUT2D eigenvalue weighted by molar-refractivity contribution is 7.86. The maximum Gasteiger partial charge on any atom is 0.312 e. The molecule has 0 radical (unpaired) electrons. The lowest BCUT2D eigenvalue weighted by Gasteiger charge is -2.54. The molecule has 0 spiro atoms. The lowest BCUT2D eigenvalue weighted by Crippen LogP contribution is -2.52. The average molecular weight is 593 g/mol. The molecule has 3 rings (SSSR count). The molecule has 2 aliphatic carbocycles. The van der Waals surface area contributed by atoms with E-state index in [2.05, 4.69) is 54.6 Å². The maximum absolute atomic E-state index is 13.5. The van der Waals surface area contributed by atoms with E-state index in [-0.39, 0.29) is 39.8 Å². The van der Waals surface area contributed by atoms with Gasteiger partial charge < -0.3 is 9.16 Å². The summed E-state index contributed by atoms with van der Waals surface area (Å²) in [5.74, 6) is 1.07. The molecule has 0 heterocycles. The van der Waals surface area contributed by atoms with Crippen molar-refractivity contribution in [3.05, 3.63) is 41.2 Å². The number of rotatable bonds is 10. The Labute approximate surface area is 244 Å². The number of carbonyl (C=O) groups excluding carboxylic acids is 1. The fraction of sp³-hybridized carbons (Fsp3) is 0.719. The zero-order valence-electron chi connectivity index (χ0n) is 26.5. The van der Waals surface area contributed by atoms with Crippen LogP contribution < -0.4 is 0 Å². The van der Waals surface area contributed by atoms with Crippen LogP contribution in [0.1, 0.15) is 92.6 Å². The Hall–Kier alpha value is -1.64. The molecule has 0 aliphatic heterocycles. The molecule has 0 saturated heterocycles. The van der Waals surface area contributed by atoms with E-state index in [1.54, 1.807) is 24.3 Å². The SMILES string of the molecule is CCOC(=O)[C@]1(C)[C@H](C)CC(O[Si](C)(C)C(C)(C)C)=C2[C@H]1CCC[C@@]2(C)CCCOS(=O)(=O)c1ccc(C)cc1. The van der Waals surface area contributed by atoms with Gasteiger partial charge in [-0.05, 0) is 99.5 Å². The molecule has 1 aromatic carbocycles. The van der Waals surface area contributed by atoms with E-state index >= 15 is 0 Å². The Morgan fingerprint density at radius 2 is 1.75 bits per heavy atom. The quantitative estimate of drug-likeness (QED) is 0.118. The van der Waals surface area contributed by atoms with E-state index in [4.69, 9.17) is 13.3 Å². The van der Waals surface area contributed by atoms with E-state index in [0.717, 1.165) is 37.0 Å². The van der Waals surface area contributed by atoms with Crippen LogP contribution >= 0.6 is 0 Å². The number of aryl methyl sites for hydroxylation is 1. The van der Waals surface area contributed by atoms with Crippen molar-refractivity contribution in [3.8, 4) is 0 Å². The standard InChI is InChI=1S/C32H52O6SSi/c1-11-36-29(33)32(8)24(3)22-27(38-40(9,10)30(4,5)6)28-26(32)14-12-19-31(28,7)20-13-21-37-39(34,35)25-17-15-23(2)16-18-25/h15-18,24,26H,11-14,19-22H2,1-10H3/t24-,26-,31+,32-/m1/s1. The molecule has 0 unspecified atom stereocenters. The Bertz CT molecular complexity index is 1200. The van der Waals surface area contributed by atoms with Crippen molar-refractivity contribution in [1.29, 1.82) is 0 Å². The van der Waals surface area contributed by atoms with Crippen molar-refractivity contribution in [1.82, 2.24) is 0 Å². The van der Waals surface area contributed by atoms with Crippen molar-refractivity contribution in [3.63, 3.8) is 0 Å². The summed E-state index contributed by atoms with van der Waals surface area (Å²) in [6.07, 6.45) is 4.97. The highest BCUT2D eigenvalue weighted by atomic mass is 32.2. The number of hydrogen-bond acceptors (Lipinski definition) is 6. The topological polar surface area (TPSA) is 78.9 Å². The van der Waals surface area contributed by atoms with Crippen molar-refractivity contribution < 1.29 is 26.6 Å². The van der Waals surface area contributed by atoms with Gasteiger partial charge in [0.1, 0.15) is 0 Å². The second-order valence-corrected chi connectivity index (χ2v) is 20.3. The van der Waals surface area contributed by atoms with Gasteiger partial charge in [-0.3, -0.25) is 8.98 Å². The molecule has 0 aromatic heterocycles. The molecule has 0 N–H and O–H groups in total. The third-order valence-corrected chi connectivity index (χ3v) is 15.8. The summed E-state index contributed by atoms with van der Waals surface area (Å²) in [4.78, 5) is 13.7. The van der Waals surface area contributed by atoms with Crippen molar-refractivity contribution in [2.75, 3.05) is 13.2 Å². The van der Waals surface area contributed by atoms with E-state index < -0.39 is 23.9 Å². The van der Waals surface area contributed by atoms with E-state index in [1.165, 1.54) is 5.57 Å². The molecular weight excluding hydrogens is 540 g/mol. The summed E-state index contributed by atoms with van der Waals surface area (Å²) in [7, 11) is -5.94. The third-order valence-electron chi connectivity index (χ3n) is 10.1. The second-order valence-electron chi connectivity index (χ2n) is 14.0. The number of benzene rings is 1. The van der Waals surface area contributed by atoms with Crippen LogP contribution in [0.15, 0.2) is 40.5 Å². The van der Waals surface area contributed by atoms with Gasteiger partial charge in [0, 0.05) is 6.42 Å². The van der Waals surface area contributed by atoms with Crippen molar-refractivity contribution in [2.24, 2.45) is 22.7 Å². The smallest absolute Gasteiger partial charge is 0.312 e. The summed E-state index contributed by atoms with van der Waals surface area (Å²) in [5, 5.41) is 0.0461. The van der Waals surface area contributed by atoms with Crippen LogP contribution in [0.2, 0.25) is 18.1 Å². The number of carbonyl (C=O) groups is 1. The number of fused-ring (bicyclic) bond motifs is 1. The Morgan fingerprint density at radius 1 is 1.12 bits per heavy atom. The van der Waals surface area contributed by atoms with Crippen LogP contribution in [0.5, 0.6) is 0 Å². The lowest BCUT2D eigenvalue weighted by atomic mass is 9.51. The molecule has 4 atom stereocenters. The Morgan fingerprint density at radius 3 is 2.33 bits per heavy atom.